The average molecular weight is 708 g/mol. The minimum atomic E-state index is -0.674. The van der Waals surface area contributed by atoms with Crippen molar-refractivity contribution in [1.82, 2.24) is 33.7 Å². The van der Waals surface area contributed by atoms with E-state index in [1.165, 1.54) is 21.4 Å². The van der Waals surface area contributed by atoms with E-state index in [1.807, 2.05) is 31.3 Å². The predicted molar refractivity (Wildman–Crippen MR) is 192 cm³/mol. The van der Waals surface area contributed by atoms with Crippen LogP contribution in [0.25, 0.3) is 33.5 Å². The lowest BCUT2D eigenvalue weighted by Crippen LogP contribution is -2.44. The number of phenols is 1. The molecule has 6 aromatic rings. The maximum atomic E-state index is 14.6. The molecule has 2 aliphatic rings. The van der Waals surface area contributed by atoms with Gasteiger partial charge >= 0.3 is 5.69 Å². The Kier molecular flexibility index (Phi) is 8.72. The molecule has 3 N–H and O–H groups in total. The van der Waals surface area contributed by atoms with E-state index < -0.39 is 23.1 Å². The second kappa shape index (κ2) is 13.4. The van der Waals surface area contributed by atoms with Crippen molar-refractivity contribution in [2.75, 3.05) is 13.7 Å². The van der Waals surface area contributed by atoms with Gasteiger partial charge in [0.1, 0.15) is 23.0 Å². The number of aliphatic hydroxyl groups excluding tert-OH is 1. The Morgan fingerprint density at radius 1 is 0.981 bits per heavy atom. The van der Waals surface area contributed by atoms with Crippen molar-refractivity contribution in [2.45, 2.75) is 69.2 Å². The van der Waals surface area contributed by atoms with Crippen LogP contribution in [0.5, 0.6) is 5.75 Å². The molecule has 0 aliphatic heterocycles. The van der Waals surface area contributed by atoms with Gasteiger partial charge in [-0.05, 0) is 105 Å². The maximum Gasteiger partial charge on any atom is 0.337 e. The highest BCUT2D eigenvalue weighted by molar-refractivity contribution is 5.77. The Hall–Kier alpha value is -5.24. The molecule has 4 heterocycles. The molecule has 13 heteroatoms. The van der Waals surface area contributed by atoms with Crippen molar-refractivity contribution >= 4 is 16.7 Å². The number of aromatic nitrogens is 5. The topological polar surface area (TPSA) is 130 Å². The Morgan fingerprint density at radius 3 is 2.56 bits per heavy atom. The zero-order valence-corrected chi connectivity index (χ0v) is 28.7. The monoisotopic (exact) mass is 707 g/mol. The number of nitrogens with one attached hydrogen (secondary N) is 1. The second-order valence-corrected chi connectivity index (χ2v) is 14.2. The first-order valence-corrected chi connectivity index (χ1v) is 17.6. The molecule has 2 saturated carbocycles. The van der Waals surface area contributed by atoms with E-state index in [1.54, 1.807) is 34.9 Å². The molecule has 0 amide bonds. The van der Waals surface area contributed by atoms with Crippen molar-refractivity contribution < 1.29 is 19.0 Å². The molecule has 0 saturated heterocycles. The van der Waals surface area contributed by atoms with Gasteiger partial charge in [-0.2, -0.15) is 0 Å². The number of fused-ring (bicyclic) bond motifs is 2. The summed E-state index contributed by atoms with van der Waals surface area (Å²) in [7, 11) is 1.96. The average Bonchev–Trinajstić information content (AvgIpc) is 3.85. The summed E-state index contributed by atoms with van der Waals surface area (Å²) in [4.78, 5) is 39.2. The zero-order chi connectivity index (χ0) is 36.1. The van der Waals surface area contributed by atoms with Crippen molar-refractivity contribution in [3.05, 3.63) is 123 Å². The highest BCUT2D eigenvalue weighted by atomic mass is 19.1. The number of phenolic OH excluding ortho intramolecular Hbond substituents is 1. The van der Waals surface area contributed by atoms with Gasteiger partial charge in [-0.1, -0.05) is 18.2 Å². The second-order valence-electron chi connectivity index (χ2n) is 14.2. The van der Waals surface area contributed by atoms with Crippen LogP contribution >= 0.6 is 0 Å². The Labute approximate surface area is 297 Å². The number of likely N-dealkylation sites (N-methyl/N-ethyl adjacent to an activating group) is 1. The molecule has 52 heavy (non-hydrogen) atoms. The number of hydrogen-bond acceptors (Lipinski definition) is 8. The van der Waals surface area contributed by atoms with Gasteiger partial charge in [0.15, 0.2) is 5.65 Å². The third-order valence-corrected chi connectivity index (χ3v) is 10.8. The molecule has 2 aliphatic carbocycles. The molecule has 4 aromatic heterocycles. The minimum Gasteiger partial charge on any atom is -0.508 e. The van der Waals surface area contributed by atoms with E-state index in [4.69, 9.17) is 0 Å². The summed E-state index contributed by atoms with van der Waals surface area (Å²) in [5, 5.41) is 23.9. The van der Waals surface area contributed by atoms with Gasteiger partial charge in [0.25, 0.3) is 5.56 Å². The predicted octanol–water partition coefficient (Wildman–Crippen LogP) is 5.08. The molecular weight excluding hydrogens is 668 g/mol. The fourth-order valence-corrected chi connectivity index (χ4v) is 7.66. The largest absolute Gasteiger partial charge is 0.508 e. The third kappa shape index (κ3) is 6.29. The first kappa shape index (κ1) is 33.9. The summed E-state index contributed by atoms with van der Waals surface area (Å²) in [5.74, 6) is -0.894. The van der Waals surface area contributed by atoms with Gasteiger partial charge < -0.3 is 19.9 Å². The minimum absolute atomic E-state index is 0.0132. The van der Waals surface area contributed by atoms with Crippen LogP contribution in [0.3, 0.4) is 0 Å². The number of halogens is 2. The van der Waals surface area contributed by atoms with Gasteiger partial charge in [-0.15, -0.1) is 0 Å². The maximum absolute atomic E-state index is 14.6. The highest BCUT2D eigenvalue weighted by Gasteiger charge is 2.45. The van der Waals surface area contributed by atoms with E-state index in [2.05, 4.69) is 20.2 Å². The van der Waals surface area contributed by atoms with Crippen LogP contribution in [0.15, 0.2) is 88.8 Å². The van der Waals surface area contributed by atoms with Gasteiger partial charge in [0.2, 0.25) is 0 Å². The molecular formula is C39H39F2N7O4. The number of aromatic hydroxyl groups is 1. The van der Waals surface area contributed by atoms with Crippen molar-refractivity contribution in [3.8, 4) is 22.6 Å². The summed E-state index contributed by atoms with van der Waals surface area (Å²) in [6.07, 6.45) is 8.47. The highest BCUT2D eigenvalue weighted by Crippen LogP contribution is 2.42. The molecule has 0 radical (unpaired) electrons. The van der Waals surface area contributed by atoms with Crippen LogP contribution in [-0.4, -0.2) is 63.9 Å². The van der Waals surface area contributed by atoms with Gasteiger partial charge in [-0.3, -0.25) is 14.3 Å². The van der Waals surface area contributed by atoms with E-state index in [0.29, 0.717) is 50.1 Å². The first-order valence-electron chi connectivity index (χ1n) is 17.6. The number of pyridine rings is 2. The SMILES string of the molecule is CN(Cc1cc(O)ccc1-c1cccc(-n2c(=O)n(C3CCC(NCc4cn5cc(F)ccc5n4)CC3)c(=O)c3cc(F)cnc32)c1)C1(CO)CC1. The standard InChI is InChI=1S/C39H39F2N7O4/c1-45(39(23-49)13-14-39)20-25-16-32(50)10-11-33(25)24-3-2-4-31(15-24)47-36-34(17-27(41)18-43-36)37(51)48(38(47)52)30-8-6-28(7-9-30)42-19-29-22-46-21-26(40)5-12-35(46)44-29/h2-5,10-12,15-18,21-22,28,30,42,49-50H,6-9,13-14,19-20,23H2,1H3. The van der Waals surface area contributed by atoms with E-state index >= 15 is 0 Å². The normalized spacial score (nSPS) is 18.4. The van der Waals surface area contributed by atoms with Crippen molar-refractivity contribution in [2.24, 2.45) is 0 Å². The number of nitrogens with zero attached hydrogens (tertiary/aromatic N) is 6. The van der Waals surface area contributed by atoms with Gasteiger partial charge in [0, 0.05) is 43.1 Å². The van der Waals surface area contributed by atoms with Crippen LogP contribution in [0.2, 0.25) is 0 Å². The van der Waals surface area contributed by atoms with Crippen LogP contribution in [-0.2, 0) is 13.1 Å². The number of rotatable bonds is 10. The molecule has 268 valence electrons. The summed E-state index contributed by atoms with van der Waals surface area (Å²) in [6, 6.07) is 16.3. The van der Waals surface area contributed by atoms with E-state index in [9.17, 15) is 28.6 Å². The van der Waals surface area contributed by atoms with Crippen molar-refractivity contribution in [3.63, 3.8) is 0 Å². The molecule has 0 spiro atoms. The van der Waals surface area contributed by atoms with Gasteiger partial charge in [-0.25, -0.2) is 28.1 Å². The number of imidazole rings is 1. The lowest BCUT2D eigenvalue weighted by atomic mass is 9.91. The molecule has 0 unspecified atom stereocenters. The zero-order valence-electron chi connectivity index (χ0n) is 28.7. The summed E-state index contributed by atoms with van der Waals surface area (Å²) < 4.78 is 32.5. The number of benzene rings is 2. The molecule has 2 fully saturated rings. The molecule has 8 rings (SSSR count). The van der Waals surface area contributed by atoms with Crippen LogP contribution < -0.4 is 16.6 Å². The van der Waals surface area contributed by atoms with Gasteiger partial charge in [0.05, 0.1) is 29.6 Å². The Morgan fingerprint density at radius 2 is 1.79 bits per heavy atom. The van der Waals surface area contributed by atoms with E-state index in [0.717, 1.165) is 47.5 Å². The number of aliphatic hydroxyl groups is 1. The third-order valence-electron chi connectivity index (χ3n) is 10.8. The fourth-order valence-electron chi connectivity index (χ4n) is 7.66. The van der Waals surface area contributed by atoms with Crippen molar-refractivity contribution in [1.29, 1.82) is 0 Å². The summed E-state index contributed by atoms with van der Waals surface area (Å²) >= 11 is 0. The number of hydrogen-bond donors (Lipinski definition) is 3. The van der Waals surface area contributed by atoms with Crippen LogP contribution in [0.4, 0.5) is 8.78 Å². The smallest absolute Gasteiger partial charge is 0.337 e. The lowest BCUT2D eigenvalue weighted by Gasteiger charge is -2.30. The molecule has 0 atom stereocenters. The van der Waals surface area contributed by atoms with Crippen LogP contribution in [0.1, 0.15) is 55.8 Å². The molecule has 11 nitrogen and oxygen atoms in total. The molecule has 2 aromatic carbocycles. The van der Waals surface area contributed by atoms with E-state index in [-0.39, 0.29) is 40.8 Å². The lowest BCUT2D eigenvalue weighted by molar-refractivity contribution is 0.123. The fraction of sp³-hybridized carbons (Fsp3) is 0.333. The Balaban J connectivity index is 1.09. The quantitative estimate of drug-likeness (QED) is 0.180. The summed E-state index contributed by atoms with van der Waals surface area (Å²) in [6.45, 7) is 1.03. The first-order chi connectivity index (χ1) is 25.1. The van der Waals surface area contributed by atoms with Crippen LogP contribution in [0, 0.1) is 11.6 Å². The molecule has 0 bridgehead atoms. The summed E-state index contributed by atoms with van der Waals surface area (Å²) in [5.41, 5.74) is 3.04. The Bertz CT molecular complexity index is 2430.